The number of benzene rings is 2. The highest BCUT2D eigenvalue weighted by Crippen LogP contribution is 2.33. The summed E-state index contributed by atoms with van der Waals surface area (Å²) in [7, 11) is 0. The van der Waals surface area contributed by atoms with Crippen molar-refractivity contribution < 1.29 is 9.59 Å². The maximum atomic E-state index is 13.4. The van der Waals surface area contributed by atoms with Crippen LogP contribution in [0.3, 0.4) is 0 Å². The number of rotatable bonds is 9. The largest absolute Gasteiger partial charge is 0.370 e. The lowest BCUT2D eigenvalue weighted by Gasteiger charge is -2.29. The summed E-state index contributed by atoms with van der Waals surface area (Å²) in [6.45, 7) is 1.71. The molecule has 0 spiro atoms. The molecule has 1 saturated heterocycles. The zero-order valence-corrected chi connectivity index (χ0v) is 19.9. The van der Waals surface area contributed by atoms with E-state index in [9.17, 15) is 9.59 Å². The summed E-state index contributed by atoms with van der Waals surface area (Å²) in [5.74, 6) is -0.596. The number of aliphatic imine (C=N–C) groups is 1. The van der Waals surface area contributed by atoms with Gasteiger partial charge in [-0.05, 0) is 42.0 Å². The topological polar surface area (TPSA) is 114 Å². The molecule has 2 atom stereocenters. The smallest absolute Gasteiger partial charge is 0.252 e. The van der Waals surface area contributed by atoms with Gasteiger partial charge >= 0.3 is 0 Å². The summed E-state index contributed by atoms with van der Waals surface area (Å²) < 4.78 is 0. The second-order valence-electron chi connectivity index (χ2n) is 9.16. The molecule has 0 radical (unpaired) electrons. The monoisotopic (exact) mass is 471 g/mol. The van der Waals surface area contributed by atoms with Crippen LogP contribution in [-0.2, 0) is 16.0 Å². The van der Waals surface area contributed by atoms with Crippen molar-refractivity contribution in [2.45, 2.75) is 31.2 Å². The molecule has 0 saturated carbocycles. The second-order valence-corrected chi connectivity index (χ2v) is 9.16. The third kappa shape index (κ3) is 5.98. The van der Waals surface area contributed by atoms with Gasteiger partial charge in [-0.2, -0.15) is 0 Å². The van der Waals surface area contributed by atoms with Gasteiger partial charge in [-0.25, -0.2) is 4.99 Å². The summed E-state index contributed by atoms with van der Waals surface area (Å²) in [6.07, 6.45) is 8.43. The Morgan fingerprint density at radius 2 is 1.80 bits per heavy atom. The van der Waals surface area contributed by atoms with E-state index in [1.54, 1.807) is 6.08 Å². The van der Waals surface area contributed by atoms with Crippen LogP contribution in [-0.4, -0.2) is 47.8 Å². The van der Waals surface area contributed by atoms with Crippen LogP contribution < -0.4 is 16.8 Å². The molecule has 182 valence electrons. The molecule has 0 bridgehead atoms. The molecular formula is C28H33N5O2. The highest BCUT2D eigenvalue weighted by molar-refractivity contribution is 5.95. The van der Waals surface area contributed by atoms with Gasteiger partial charge in [0.15, 0.2) is 11.5 Å². The van der Waals surface area contributed by atoms with Gasteiger partial charge in [0.05, 0.1) is 5.92 Å². The second kappa shape index (κ2) is 11.0. The average molecular weight is 472 g/mol. The van der Waals surface area contributed by atoms with Crippen molar-refractivity contribution in [1.82, 2.24) is 10.2 Å². The SMILES string of the molecule is NC(N)=NC1(C(=O)NCC2CCN(CCCc3ccccc3)C2=O)C=CC=C(c2ccccc2)C1. The van der Waals surface area contributed by atoms with Crippen molar-refractivity contribution in [3.05, 3.63) is 90.0 Å². The number of guanidine groups is 1. The molecule has 1 fully saturated rings. The van der Waals surface area contributed by atoms with E-state index in [1.807, 2.05) is 65.6 Å². The lowest BCUT2D eigenvalue weighted by molar-refractivity contribution is -0.131. The van der Waals surface area contributed by atoms with Gasteiger partial charge in [-0.15, -0.1) is 0 Å². The Balaban J connectivity index is 1.34. The van der Waals surface area contributed by atoms with Gasteiger partial charge in [0, 0.05) is 26.1 Å². The fourth-order valence-corrected chi connectivity index (χ4v) is 4.80. The number of carbonyl (C=O) groups excluding carboxylic acids is 2. The molecule has 2 aliphatic rings. The summed E-state index contributed by atoms with van der Waals surface area (Å²) in [5, 5.41) is 2.96. The number of carbonyl (C=O) groups is 2. The normalized spacial score (nSPS) is 21.5. The number of aryl methyl sites for hydroxylation is 1. The molecule has 2 aromatic carbocycles. The van der Waals surface area contributed by atoms with Gasteiger partial charge in [0.25, 0.3) is 5.91 Å². The first kappa shape index (κ1) is 24.3. The molecule has 1 heterocycles. The molecule has 0 aromatic heterocycles. The standard InChI is InChI=1S/C28H33N5O2/c29-27(30)32-28(16-7-14-23(19-28)22-12-5-2-6-13-22)26(35)31-20-24-15-18-33(25(24)34)17-8-11-21-9-3-1-4-10-21/h1-7,9-10,12-14,16,24H,8,11,15,17-20H2,(H,31,35)(H4,29,30,32). The quantitative estimate of drug-likeness (QED) is 0.385. The fraction of sp³-hybridized carbons (Fsp3) is 0.321. The Morgan fingerprint density at radius 1 is 1.09 bits per heavy atom. The van der Waals surface area contributed by atoms with Crippen LogP contribution in [0, 0.1) is 5.92 Å². The lowest BCUT2D eigenvalue weighted by atomic mass is 9.83. The van der Waals surface area contributed by atoms with E-state index < -0.39 is 5.54 Å². The van der Waals surface area contributed by atoms with Crippen molar-refractivity contribution >= 4 is 23.3 Å². The molecule has 7 nitrogen and oxygen atoms in total. The third-order valence-electron chi connectivity index (χ3n) is 6.65. The zero-order chi connectivity index (χ0) is 24.7. The number of nitrogens with one attached hydrogen (secondary N) is 1. The van der Waals surface area contributed by atoms with Crippen LogP contribution in [0.5, 0.6) is 0 Å². The van der Waals surface area contributed by atoms with E-state index in [0.29, 0.717) is 13.0 Å². The fourth-order valence-electron chi connectivity index (χ4n) is 4.80. The molecule has 4 rings (SSSR count). The Kier molecular flexibility index (Phi) is 7.65. The average Bonchev–Trinajstić information content (AvgIpc) is 3.22. The van der Waals surface area contributed by atoms with Gasteiger partial charge < -0.3 is 21.7 Å². The summed E-state index contributed by atoms with van der Waals surface area (Å²) in [5.41, 5.74) is 13.4. The number of hydrogen-bond acceptors (Lipinski definition) is 3. The van der Waals surface area contributed by atoms with Crippen molar-refractivity contribution in [3.8, 4) is 0 Å². The number of likely N-dealkylation sites (tertiary alicyclic amines) is 1. The van der Waals surface area contributed by atoms with Crippen LogP contribution in [0.1, 0.15) is 30.4 Å². The molecule has 7 heteroatoms. The van der Waals surface area contributed by atoms with Crippen LogP contribution in [0.25, 0.3) is 5.57 Å². The molecule has 2 unspecified atom stereocenters. The number of hydrogen-bond donors (Lipinski definition) is 3. The van der Waals surface area contributed by atoms with Crippen molar-refractivity contribution in [1.29, 1.82) is 0 Å². The predicted octanol–water partition coefficient (Wildman–Crippen LogP) is 2.64. The molecule has 5 N–H and O–H groups in total. The maximum absolute atomic E-state index is 13.4. The summed E-state index contributed by atoms with van der Waals surface area (Å²) in [6, 6.07) is 20.1. The minimum atomic E-state index is -1.24. The molecule has 1 aliphatic heterocycles. The Morgan fingerprint density at radius 3 is 2.51 bits per heavy atom. The van der Waals surface area contributed by atoms with E-state index in [1.165, 1.54) is 5.56 Å². The van der Waals surface area contributed by atoms with Crippen LogP contribution >= 0.6 is 0 Å². The third-order valence-corrected chi connectivity index (χ3v) is 6.65. The minimum absolute atomic E-state index is 0.0957. The van der Waals surface area contributed by atoms with E-state index >= 15 is 0 Å². The van der Waals surface area contributed by atoms with Crippen LogP contribution in [0.15, 0.2) is 83.9 Å². The first-order valence-corrected chi connectivity index (χ1v) is 12.1. The lowest BCUT2D eigenvalue weighted by Crippen LogP contribution is -2.48. The zero-order valence-electron chi connectivity index (χ0n) is 19.9. The maximum Gasteiger partial charge on any atom is 0.252 e. The van der Waals surface area contributed by atoms with Gasteiger partial charge in [0.1, 0.15) is 0 Å². The number of nitrogens with two attached hydrogens (primary N) is 2. The van der Waals surface area contributed by atoms with Crippen molar-refractivity contribution in [2.75, 3.05) is 19.6 Å². The Bertz CT molecular complexity index is 1120. The van der Waals surface area contributed by atoms with E-state index in [0.717, 1.165) is 36.9 Å². The van der Waals surface area contributed by atoms with Gasteiger partial charge in [0.2, 0.25) is 5.91 Å². The summed E-state index contributed by atoms with van der Waals surface area (Å²) >= 11 is 0. The minimum Gasteiger partial charge on any atom is -0.370 e. The van der Waals surface area contributed by atoms with E-state index in [2.05, 4.69) is 22.4 Å². The number of allylic oxidation sites excluding steroid dienone is 2. The molecule has 2 amide bonds. The van der Waals surface area contributed by atoms with Gasteiger partial charge in [-0.3, -0.25) is 9.59 Å². The highest BCUT2D eigenvalue weighted by Gasteiger charge is 2.39. The Labute approximate surface area is 206 Å². The Hall–Kier alpha value is -3.87. The first-order chi connectivity index (χ1) is 17.0. The van der Waals surface area contributed by atoms with Gasteiger partial charge in [-0.1, -0.05) is 72.8 Å². The van der Waals surface area contributed by atoms with Crippen molar-refractivity contribution in [3.63, 3.8) is 0 Å². The number of nitrogens with zero attached hydrogens (tertiary/aromatic N) is 2. The molecule has 35 heavy (non-hydrogen) atoms. The van der Waals surface area contributed by atoms with Crippen LogP contribution in [0.4, 0.5) is 0 Å². The van der Waals surface area contributed by atoms with Crippen molar-refractivity contribution in [2.24, 2.45) is 22.4 Å². The number of amides is 2. The summed E-state index contributed by atoms with van der Waals surface area (Å²) in [4.78, 5) is 32.5. The molecule has 2 aromatic rings. The molecule has 1 aliphatic carbocycles. The first-order valence-electron chi connectivity index (χ1n) is 12.1. The van der Waals surface area contributed by atoms with E-state index in [-0.39, 0.29) is 30.2 Å². The van der Waals surface area contributed by atoms with E-state index in [4.69, 9.17) is 11.5 Å². The highest BCUT2D eigenvalue weighted by atomic mass is 16.2. The predicted molar refractivity (Wildman–Crippen MR) is 139 cm³/mol. The molecular weight excluding hydrogens is 438 g/mol. The van der Waals surface area contributed by atoms with Crippen LogP contribution in [0.2, 0.25) is 0 Å².